The fourth-order valence-corrected chi connectivity index (χ4v) is 3.56. The van der Waals surface area contributed by atoms with Gasteiger partial charge in [-0.15, -0.1) is 0 Å². The highest BCUT2D eigenvalue weighted by Crippen LogP contribution is 2.28. The second kappa shape index (κ2) is 11.3. The van der Waals surface area contributed by atoms with E-state index in [1.54, 1.807) is 42.5 Å². The highest BCUT2D eigenvalue weighted by atomic mass is 79.9. The Bertz CT molecular complexity index is 1390. The molecular weight excluding hydrogens is 510 g/mol. The summed E-state index contributed by atoms with van der Waals surface area (Å²) in [5, 5.41) is 9.31. The maximum atomic E-state index is 12.4. The van der Waals surface area contributed by atoms with Crippen LogP contribution in [-0.4, -0.2) is 31.7 Å². The molecule has 0 aliphatic rings. The average molecular weight is 532 g/mol. The van der Waals surface area contributed by atoms with Crippen molar-refractivity contribution in [2.75, 3.05) is 19.0 Å². The van der Waals surface area contributed by atoms with E-state index in [1.165, 1.54) is 13.3 Å². The normalized spacial score (nSPS) is 10.8. The molecule has 0 heterocycles. The van der Waals surface area contributed by atoms with Gasteiger partial charge >= 0.3 is 5.97 Å². The van der Waals surface area contributed by atoms with Crippen LogP contribution in [-0.2, 0) is 4.79 Å². The van der Waals surface area contributed by atoms with E-state index in [2.05, 4.69) is 31.8 Å². The number of methoxy groups -OCH3 is 1. The number of hydrogen-bond acceptors (Lipinski definition) is 6. The summed E-state index contributed by atoms with van der Waals surface area (Å²) in [7, 11) is 1.48. The second-order valence-corrected chi connectivity index (χ2v) is 8.43. The minimum atomic E-state index is -0.497. The van der Waals surface area contributed by atoms with Gasteiger partial charge in [0.25, 0.3) is 5.91 Å². The number of hydrazone groups is 1. The molecule has 0 aliphatic heterocycles. The highest BCUT2D eigenvalue weighted by molar-refractivity contribution is 9.10. The number of esters is 1. The summed E-state index contributed by atoms with van der Waals surface area (Å²) >= 11 is 3.33. The molecule has 0 spiro atoms. The maximum Gasteiger partial charge on any atom is 0.343 e. The molecule has 0 aromatic heterocycles. The third-order valence-electron chi connectivity index (χ3n) is 5.08. The highest BCUT2D eigenvalue weighted by Gasteiger charge is 2.13. The molecule has 0 saturated heterocycles. The Balaban J connectivity index is 1.32. The summed E-state index contributed by atoms with van der Waals surface area (Å²) in [4.78, 5) is 24.5. The molecule has 0 saturated carbocycles. The van der Waals surface area contributed by atoms with Gasteiger partial charge in [-0.2, -0.15) is 5.10 Å². The first-order valence-electron chi connectivity index (χ1n) is 10.7. The van der Waals surface area contributed by atoms with Crippen LogP contribution in [0.2, 0.25) is 0 Å². The molecule has 176 valence electrons. The number of carbonyl (C=O) groups is 2. The quantitative estimate of drug-likeness (QED) is 0.138. The van der Waals surface area contributed by atoms with Crippen molar-refractivity contribution in [3.05, 3.63) is 101 Å². The molecule has 35 heavy (non-hydrogen) atoms. The van der Waals surface area contributed by atoms with E-state index in [1.807, 2.05) is 42.5 Å². The van der Waals surface area contributed by atoms with Crippen molar-refractivity contribution < 1.29 is 19.1 Å². The standard InChI is InChI=1S/C27H22BrN3O4/c1-34-25-14-18(6-13-24(25)35-27(33)20-7-10-22(28)11-8-20)16-30-31-26(32)17-29-23-12-9-19-4-2-3-5-21(19)15-23/h2-16,29H,17H2,1H3,(H,31,32)/b30-16+. The molecular formula is C27H22BrN3O4. The molecule has 4 aromatic rings. The summed E-state index contributed by atoms with van der Waals surface area (Å²) in [6, 6.07) is 25.8. The lowest BCUT2D eigenvalue weighted by Gasteiger charge is -2.10. The Labute approximate surface area is 210 Å². The Morgan fingerprint density at radius 2 is 1.69 bits per heavy atom. The van der Waals surface area contributed by atoms with Crippen LogP contribution in [0, 0.1) is 0 Å². The fourth-order valence-electron chi connectivity index (χ4n) is 3.29. The van der Waals surface area contributed by atoms with Crippen LogP contribution in [0.25, 0.3) is 10.8 Å². The van der Waals surface area contributed by atoms with Crippen LogP contribution in [0.3, 0.4) is 0 Å². The maximum absolute atomic E-state index is 12.4. The van der Waals surface area contributed by atoms with Crippen LogP contribution in [0.1, 0.15) is 15.9 Å². The zero-order valence-corrected chi connectivity index (χ0v) is 20.4. The molecule has 1 amide bonds. The van der Waals surface area contributed by atoms with E-state index in [4.69, 9.17) is 9.47 Å². The van der Waals surface area contributed by atoms with Crippen LogP contribution < -0.4 is 20.2 Å². The molecule has 0 aliphatic carbocycles. The molecule has 2 N–H and O–H groups in total. The largest absolute Gasteiger partial charge is 0.493 e. The number of rotatable bonds is 8. The van der Waals surface area contributed by atoms with Gasteiger partial charge in [-0.1, -0.05) is 46.3 Å². The predicted molar refractivity (Wildman–Crippen MR) is 140 cm³/mol. The van der Waals surface area contributed by atoms with Crippen LogP contribution in [0.4, 0.5) is 5.69 Å². The number of ether oxygens (including phenoxy) is 2. The summed E-state index contributed by atoms with van der Waals surface area (Å²) in [6.07, 6.45) is 1.48. The lowest BCUT2D eigenvalue weighted by molar-refractivity contribution is -0.119. The van der Waals surface area contributed by atoms with Gasteiger partial charge in [0.2, 0.25) is 0 Å². The zero-order chi connectivity index (χ0) is 24.6. The lowest BCUT2D eigenvalue weighted by atomic mass is 10.1. The summed E-state index contributed by atoms with van der Waals surface area (Å²) in [6.45, 7) is 0.0734. The number of nitrogens with one attached hydrogen (secondary N) is 2. The first-order chi connectivity index (χ1) is 17.0. The van der Waals surface area contributed by atoms with E-state index < -0.39 is 5.97 Å². The van der Waals surface area contributed by atoms with Crippen molar-refractivity contribution in [1.82, 2.24) is 5.43 Å². The van der Waals surface area contributed by atoms with Crippen LogP contribution >= 0.6 is 15.9 Å². The molecule has 0 radical (unpaired) electrons. The van der Waals surface area contributed by atoms with Gasteiger partial charge in [0.15, 0.2) is 11.5 Å². The number of fused-ring (bicyclic) bond motifs is 1. The van der Waals surface area contributed by atoms with Crippen molar-refractivity contribution in [3.8, 4) is 11.5 Å². The second-order valence-electron chi connectivity index (χ2n) is 7.52. The number of anilines is 1. The van der Waals surface area contributed by atoms with Gasteiger partial charge in [0, 0.05) is 10.2 Å². The van der Waals surface area contributed by atoms with Crippen LogP contribution in [0.15, 0.2) is 94.5 Å². The molecule has 0 fully saturated rings. The summed E-state index contributed by atoms with van der Waals surface area (Å²) in [5.74, 6) is -0.144. The Morgan fingerprint density at radius 1 is 0.914 bits per heavy atom. The van der Waals surface area contributed by atoms with Crippen molar-refractivity contribution in [2.24, 2.45) is 5.10 Å². The van der Waals surface area contributed by atoms with Crippen molar-refractivity contribution in [2.45, 2.75) is 0 Å². The Kier molecular flexibility index (Phi) is 7.74. The summed E-state index contributed by atoms with van der Waals surface area (Å²) < 4.78 is 11.7. The molecule has 8 heteroatoms. The number of halogens is 1. The topological polar surface area (TPSA) is 89.0 Å². The number of carbonyl (C=O) groups excluding carboxylic acids is 2. The van der Waals surface area contributed by atoms with Gasteiger partial charge in [0.05, 0.1) is 25.4 Å². The molecule has 4 aromatic carbocycles. The fraction of sp³-hybridized carbons (Fsp3) is 0.0741. The third kappa shape index (κ3) is 6.45. The smallest absolute Gasteiger partial charge is 0.343 e. The zero-order valence-electron chi connectivity index (χ0n) is 18.8. The van der Waals surface area contributed by atoms with Gasteiger partial charge in [-0.05, 0) is 70.9 Å². The molecule has 0 unspecified atom stereocenters. The molecule has 7 nitrogen and oxygen atoms in total. The third-order valence-corrected chi connectivity index (χ3v) is 5.60. The summed E-state index contributed by atoms with van der Waals surface area (Å²) in [5.41, 5.74) is 4.41. The van der Waals surface area contributed by atoms with Crippen molar-refractivity contribution in [1.29, 1.82) is 0 Å². The van der Waals surface area contributed by atoms with Gasteiger partial charge < -0.3 is 14.8 Å². The Morgan fingerprint density at radius 3 is 2.46 bits per heavy atom. The lowest BCUT2D eigenvalue weighted by Crippen LogP contribution is -2.25. The van der Waals surface area contributed by atoms with E-state index in [-0.39, 0.29) is 18.2 Å². The molecule has 0 bridgehead atoms. The van der Waals surface area contributed by atoms with E-state index in [0.29, 0.717) is 16.9 Å². The van der Waals surface area contributed by atoms with Crippen molar-refractivity contribution >= 4 is 50.5 Å². The van der Waals surface area contributed by atoms with Gasteiger partial charge in [0.1, 0.15) is 0 Å². The first kappa shape index (κ1) is 24.0. The number of nitrogens with zero attached hydrogens (tertiary/aromatic N) is 1. The number of amides is 1. The monoisotopic (exact) mass is 531 g/mol. The van der Waals surface area contributed by atoms with Gasteiger partial charge in [-0.3, -0.25) is 4.79 Å². The van der Waals surface area contributed by atoms with Gasteiger partial charge in [-0.25, -0.2) is 10.2 Å². The number of hydrogen-bond donors (Lipinski definition) is 2. The first-order valence-corrected chi connectivity index (χ1v) is 11.5. The molecule has 0 atom stereocenters. The van der Waals surface area contributed by atoms with E-state index in [9.17, 15) is 9.59 Å². The minimum absolute atomic E-state index is 0.0734. The van der Waals surface area contributed by atoms with Crippen LogP contribution in [0.5, 0.6) is 11.5 Å². The van der Waals surface area contributed by atoms with Crippen molar-refractivity contribution in [3.63, 3.8) is 0 Å². The Hall–Kier alpha value is -4.17. The SMILES string of the molecule is COc1cc(/C=N/NC(=O)CNc2ccc3ccccc3c2)ccc1OC(=O)c1ccc(Br)cc1. The predicted octanol–water partition coefficient (Wildman–Crippen LogP) is 5.39. The van der Waals surface area contributed by atoms with E-state index in [0.717, 1.165) is 20.9 Å². The average Bonchev–Trinajstić information content (AvgIpc) is 2.88. The molecule has 4 rings (SSSR count). The van der Waals surface area contributed by atoms with E-state index >= 15 is 0 Å². The number of benzene rings is 4. The minimum Gasteiger partial charge on any atom is -0.493 e.